The Bertz CT molecular complexity index is 1340. The van der Waals surface area contributed by atoms with Gasteiger partial charge >= 0.3 is 0 Å². The van der Waals surface area contributed by atoms with Gasteiger partial charge in [0.05, 0.1) is 10.9 Å². The van der Waals surface area contributed by atoms with Gasteiger partial charge in [0.2, 0.25) is 11.8 Å². The van der Waals surface area contributed by atoms with Gasteiger partial charge in [-0.15, -0.1) is 0 Å². The van der Waals surface area contributed by atoms with Crippen molar-refractivity contribution in [2.24, 2.45) is 11.3 Å². The van der Waals surface area contributed by atoms with E-state index in [1.54, 1.807) is 38.9 Å². The number of benzene rings is 1. The summed E-state index contributed by atoms with van der Waals surface area (Å²) in [4.78, 5) is 57.5. The van der Waals surface area contributed by atoms with E-state index < -0.39 is 29.4 Å². The van der Waals surface area contributed by atoms with Crippen LogP contribution in [0.1, 0.15) is 53.0 Å². The van der Waals surface area contributed by atoms with E-state index in [1.807, 2.05) is 50.3 Å². The normalized spacial score (nSPS) is 25.4. The molecule has 11 heteroatoms. The van der Waals surface area contributed by atoms with Crippen LogP contribution in [0.2, 0.25) is 0 Å². The molecule has 2 aliphatic heterocycles. The summed E-state index contributed by atoms with van der Waals surface area (Å²) >= 11 is 0. The Kier molecular flexibility index (Phi) is 8.43. The first-order valence-electron chi connectivity index (χ1n) is 13.7. The average Bonchev–Trinajstić information content (AvgIpc) is 2.92. The second-order valence-electron chi connectivity index (χ2n) is 11.5. The molecule has 0 spiro atoms. The van der Waals surface area contributed by atoms with E-state index in [4.69, 9.17) is 4.98 Å². The highest BCUT2D eigenvalue weighted by molar-refractivity contribution is 5.94. The number of aromatic nitrogens is 1. The maximum atomic E-state index is 13.3. The van der Waals surface area contributed by atoms with E-state index in [0.29, 0.717) is 25.2 Å². The maximum Gasteiger partial charge on any atom is 0.258 e. The minimum Gasteiger partial charge on any atom is -0.343 e. The lowest BCUT2D eigenvalue weighted by Gasteiger charge is -2.35. The fourth-order valence-corrected chi connectivity index (χ4v) is 4.69. The number of pyridine rings is 1. The van der Waals surface area contributed by atoms with Gasteiger partial charge in [-0.2, -0.15) is 0 Å². The lowest BCUT2D eigenvalue weighted by atomic mass is 9.89. The van der Waals surface area contributed by atoms with Gasteiger partial charge in [-0.3, -0.25) is 34.6 Å². The van der Waals surface area contributed by atoms with Crippen molar-refractivity contribution in [1.82, 2.24) is 31.5 Å². The van der Waals surface area contributed by atoms with Crippen molar-refractivity contribution >= 4 is 46.4 Å². The Morgan fingerprint density at radius 3 is 2.48 bits per heavy atom. The van der Waals surface area contributed by atoms with Crippen LogP contribution in [-0.4, -0.2) is 65.3 Å². The van der Waals surface area contributed by atoms with Crippen LogP contribution in [0.4, 0.5) is 5.82 Å². The summed E-state index contributed by atoms with van der Waals surface area (Å²) in [6.45, 7) is 9.23. The van der Waals surface area contributed by atoms with Crippen LogP contribution >= 0.6 is 0 Å². The number of carbonyl (C=O) groups excluding carboxylic acids is 4. The van der Waals surface area contributed by atoms with Gasteiger partial charge in [-0.25, -0.2) is 10.4 Å². The fourth-order valence-electron chi connectivity index (χ4n) is 4.69. The number of nitrogens with one attached hydrogen (secondary N) is 4. The molecule has 1 aromatic carbocycles. The van der Waals surface area contributed by atoms with Crippen LogP contribution in [0.5, 0.6) is 0 Å². The van der Waals surface area contributed by atoms with Gasteiger partial charge in [0.1, 0.15) is 23.9 Å². The summed E-state index contributed by atoms with van der Waals surface area (Å²) in [7, 11) is 1.71. The molecule has 3 unspecified atom stereocenters. The van der Waals surface area contributed by atoms with Crippen LogP contribution in [0.25, 0.3) is 17.0 Å². The molecule has 40 heavy (non-hydrogen) atoms. The van der Waals surface area contributed by atoms with E-state index in [2.05, 4.69) is 21.5 Å². The number of hydrogen-bond acceptors (Lipinski definition) is 7. The molecule has 11 nitrogen and oxygen atoms in total. The molecular formula is C29H39N7O4. The Morgan fingerprint density at radius 1 is 1.02 bits per heavy atom. The monoisotopic (exact) mass is 549 g/mol. The number of nitrogens with zero attached hydrogens (tertiary/aromatic N) is 3. The summed E-state index contributed by atoms with van der Waals surface area (Å²) in [5.41, 5.74) is 6.52. The zero-order valence-corrected chi connectivity index (χ0v) is 23.9. The molecule has 5 bridgehead atoms. The van der Waals surface area contributed by atoms with Crippen LogP contribution < -0.4 is 26.5 Å². The van der Waals surface area contributed by atoms with Gasteiger partial charge in [-0.1, -0.05) is 38.1 Å². The standard InChI is InChI=1S/C29H39N7O4/c1-17(2)24-26(38)30-18(3)27(39)36-15-7-8-21(33-36)25(37)34-35(6)23-12-11-20-10-9-19(16-22(20)31-23)13-14-29(4,5)28(40)32-24/h9-14,16-18,21,24,33H,7-8,15H2,1-6H3,(H,30,38)(H,32,40)(H,34,37)/b14-13+. The SMILES string of the molecule is CC1NC(=O)C(C(C)C)NC(=O)C(C)(C)/C=C/c2ccc3ccc(nc3c2)N(C)NC(=O)C2CCCN(N2)C1=O. The molecule has 0 saturated carbocycles. The molecule has 214 valence electrons. The van der Waals surface area contributed by atoms with Crippen LogP contribution in [0.15, 0.2) is 36.4 Å². The second-order valence-corrected chi connectivity index (χ2v) is 11.5. The molecule has 3 heterocycles. The number of hydrazine groups is 2. The minimum atomic E-state index is -0.922. The van der Waals surface area contributed by atoms with Crippen LogP contribution in [0, 0.1) is 11.3 Å². The number of amides is 4. The highest BCUT2D eigenvalue weighted by Gasteiger charge is 2.34. The molecule has 2 aromatic rings. The summed E-state index contributed by atoms with van der Waals surface area (Å²) < 4.78 is 0. The van der Waals surface area contributed by atoms with Crippen molar-refractivity contribution in [3.8, 4) is 0 Å². The van der Waals surface area contributed by atoms with E-state index in [1.165, 1.54) is 5.01 Å². The molecule has 1 saturated heterocycles. The highest BCUT2D eigenvalue weighted by Crippen LogP contribution is 2.23. The van der Waals surface area contributed by atoms with Crippen LogP contribution in [-0.2, 0) is 19.2 Å². The average molecular weight is 550 g/mol. The van der Waals surface area contributed by atoms with E-state index in [9.17, 15) is 19.2 Å². The third-order valence-corrected chi connectivity index (χ3v) is 7.33. The molecule has 0 radical (unpaired) electrons. The van der Waals surface area contributed by atoms with E-state index in [0.717, 1.165) is 16.5 Å². The maximum absolute atomic E-state index is 13.3. The van der Waals surface area contributed by atoms with Crippen molar-refractivity contribution < 1.29 is 19.2 Å². The van der Waals surface area contributed by atoms with E-state index in [-0.39, 0.29) is 23.6 Å². The van der Waals surface area contributed by atoms with Crippen molar-refractivity contribution in [3.63, 3.8) is 0 Å². The summed E-state index contributed by atoms with van der Waals surface area (Å²) in [5, 5.41) is 9.49. The molecule has 4 N–H and O–H groups in total. The molecule has 1 fully saturated rings. The van der Waals surface area contributed by atoms with Crippen molar-refractivity contribution in [2.45, 2.75) is 65.6 Å². The van der Waals surface area contributed by atoms with Gasteiger partial charge in [-0.05, 0) is 63.3 Å². The van der Waals surface area contributed by atoms with Crippen molar-refractivity contribution in [3.05, 3.63) is 42.0 Å². The lowest BCUT2D eigenvalue weighted by Crippen LogP contribution is -2.62. The zero-order valence-electron chi connectivity index (χ0n) is 23.9. The van der Waals surface area contributed by atoms with Gasteiger partial charge in [0.15, 0.2) is 0 Å². The smallest absolute Gasteiger partial charge is 0.258 e. The predicted octanol–water partition coefficient (Wildman–Crippen LogP) is 1.90. The molecule has 1 aromatic heterocycles. The predicted molar refractivity (Wildman–Crippen MR) is 153 cm³/mol. The van der Waals surface area contributed by atoms with E-state index >= 15 is 0 Å². The highest BCUT2D eigenvalue weighted by atomic mass is 16.2. The Morgan fingerprint density at radius 2 is 1.75 bits per heavy atom. The first-order chi connectivity index (χ1) is 18.9. The first kappa shape index (κ1) is 29.0. The molecule has 0 aliphatic carbocycles. The summed E-state index contributed by atoms with van der Waals surface area (Å²) in [5.74, 6) is -1.09. The molecule has 4 rings (SSSR count). The molecule has 3 atom stereocenters. The number of fused-ring (bicyclic) bond motifs is 4. The minimum absolute atomic E-state index is 0.216. The summed E-state index contributed by atoms with van der Waals surface area (Å²) in [6.07, 6.45) is 4.81. The Balaban J connectivity index is 1.70. The number of rotatable bonds is 1. The van der Waals surface area contributed by atoms with Gasteiger partial charge in [0, 0.05) is 19.0 Å². The second kappa shape index (κ2) is 11.6. The largest absolute Gasteiger partial charge is 0.343 e. The zero-order chi connectivity index (χ0) is 29.2. The fraction of sp³-hybridized carbons (Fsp3) is 0.483. The first-order valence-corrected chi connectivity index (χ1v) is 13.7. The number of anilines is 1. The quantitative estimate of drug-likeness (QED) is 0.427. The Hall–Kier alpha value is -3.99. The number of hydrogen-bond donors (Lipinski definition) is 4. The van der Waals surface area contributed by atoms with Crippen LogP contribution in [0.3, 0.4) is 0 Å². The molecule has 4 amide bonds. The third kappa shape index (κ3) is 6.41. The summed E-state index contributed by atoms with van der Waals surface area (Å²) in [6, 6.07) is 7.21. The lowest BCUT2D eigenvalue weighted by molar-refractivity contribution is -0.143. The van der Waals surface area contributed by atoms with Gasteiger partial charge < -0.3 is 10.6 Å². The molecule has 2 aliphatic rings. The van der Waals surface area contributed by atoms with Gasteiger partial charge in [0.25, 0.3) is 11.8 Å². The Labute approximate surface area is 234 Å². The number of carbonyl (C=O) groups is 4. The molecular weight excluding hydrogens is 510 g/mol. The van der Waals surface area contributed by atoms with Crippen molar-refractivity contribution in [1.29, 1.82) is 0 Å². The topological polar surface area (TPSA) is 136 Å². The third-order valence-electron chi connectivity index (χ3n) is 7.33. The van der Waals surface area contributed by atoms with Crippen molar-refractivity contribution in [2.75, 3.05) is 18.6 Å².